The first kappa shape index (κ1) is 24.5. The standard InChI is InChI=1S/C25H47NO3/c1-25(2,3)29-24(27)26-17-16-22-19-21-13-10-8-6-4-5-7-9-11-18-28-23(20-22)15-12-14-21/h21-23H,4-20H2,1-3H3,(H,26,27). The summed E-state index contributed by atoms with van der Waals surface area (Å²) in [6.45, 7) is 7.36. The zero-order valence-electron chi connectivity index (χ0n) is 19.5. The van der Waals surface area contributed by atoms with E-state index in [0.29, 0.717) is 18.6 Å². The van der Waals surface area contributed by atoms with Gasteiger partial charge in [-0.15, -0.1) is 0 Å². The third kappa shape index (κ3) is 11.9. The van der Waals surface area contributed by atoms with Crippen LogP contribution in [0.2, 0.25) is 0 Å². The maximum absolute atomic E-state index is 12.0. The summed E-state index contributed by atoms with van der Waals surface area (Å²) in [6.07, 6.45) is 19.8. The molecule has 2 heterocycles. The van der Waals surface area contributed by atoms with Crippen molar-refractivity contribution in [1.29, 1.82) is 0 Å². The van der Waals surface area contributed by atoms with Crippen molar-refractivity contribution in [3.8, 4) is 0 Å². The summed E-state index contributed by atoms with van der Waals surface area (Å²) in [4.78, 5) is 12.0. The fourth-order valence-electron chi connectivity index (χ4n) is 5.00. The molecule has 2 aliphatic heterocycles. The van der Waals surface area contributed by atoms with E-state index in [4.69, 9.17) is 9.47 Å². The van der Waals surface area contributed by atoms with Crippen molar-refractivity contribution < 1.29 is 14.3 Å². The number of rotatable bonds is 3. The van der Waals surface area contributed by atoms with Crippen LogP contribution in [-0.2, 0) is 9.47 Å². The Kier molecular flexibility index (Phi) is 11.4. The smallest absolute Gasteiger partial charge is 0.407 e. The lowest BCUT2D eigenvalue weighted by molar-refractivity contribution is 0.0155. The number of hydrogen-bond donors (Lipinski definition) is 1. The molecule has 0 aromatic rings. The van der Waals surface area contributed by atoms with Crippen LogP contribution >= 0.6 is 0 Å². The van der Waals surface area contributed by atoms with Gasteiger partial charge in [0.1, 0.15) is 5.60 Å². The van der Waals surface area contributed by atoms with Crippen LogP contribution in [-0.4, -0.2) is 30.9 Å². The molecule has 3 unspecified atom stereocenters. The van der Waals surface area contributed by atoms with Gasteiger partial charge >= 0.3 is 6.09 Å². The fraction of sp³-hybridized carbons (Fsp3) is 0.960. The Labute approximate surface area is 179 Å². The van der Waals surface area contributed by atoms with Crippen LogP contribution in [0.3, 0.4) is 0 Å². The number of amides is 1. The van der Waals surface area contributed by atoms with Gasteiger partial charge in [-0.25, -0.2) is 4.79 Å². The van der Waals surface area contributed by atoms with Gasteiger partial charge in [-0.05, 0) is 64.7 Å². The van der Waals surface area contributed by atoms with E-state index in [0.717, 1.165) is 25.4 Å². The molecule has 1 saturated carbocycles. The molecular formula is C25H47NO3. The molecule has 0 aromatic heterocycles. The van der Waals surface area contributed by atoms with E-state index in [1.165, 1.54) is 83.5 Å². The highest BCUT2D eigenvalue weighted by Crippen LogP contribution is 2.33. The molecule has 4 heteroatoms. The molecule has 0 aromatic carbocycles. The molecule has 3 fully saturated rings. The van der Waals surface area contributed by atoms with E-state index < -0.39 is 5.60 Å². The second kappa shape index (κ2) is 13.5. The third-order valence-electron chi connectivity index (χ3n) is 6.48. The first-order valence-corrected chi connectivity index (χ1v) is 12.5. The minimum Gasteiger partial charge on any atom is -0.444 e. The lowest BCUT2D eigenvalue weighted by Crippen LogP contribution is -2.34. The van der Waals surface area contributed by atoms with Gasteiger partial charge in [0.05, 0.1) is 6.10 Å². The SMILES string of the molecule is CC(C)(C)OC(=O)NCCC1CC2CCCCCCCCCCOC(CCC2)C1. The van der Waals surface area contributed by atoms with Crippen molar-refractivity contribution in [2.75, 3.05) is 13.2 Å². The molecule has 3 rings (SSSR count). The van der Waals surface area contributed by atoms with Crippen molar-refractivity contribution in [3.05, 3.63) is 0 Å². The van der Waals surface area contributed by atoms with Crippen molar-refractivity contribution in [2.45, 2.75) is 129 Å². The van der Waals surface area contributed by atoms with E-state index in [2.05, 4.69) is 5.32 Å². The molecule has 1 aliphatic carbocycles. The predicted octanol–water partition coefficient (Wildman–Crippen LogP) is 7.01. The number of ether oxygens (including phenoxy) is 2. The monoisotopic (exact) mass is 409 g/mol. The van der Waals surface area contributed by atoms with E-state index in [1.54, 1.807) is 0 Å². The first-order chi connectivity index (χ1) is 13.9. The summed E-state index contributed by atoms with van der Waals surface area (Å²) in [5, 5.41) is 2.97. The topological polar surface area (TPSA) is 47.6 Å². The average Bonchev–Trinajstić information content (AvgIpc) is 2.60. The molecule has 1 amide bonds. The van der Waals surface area contributed by atoms with Crippen LogP contribution in [0.15, 0.2) is 0 Å². The minimum atomic E-state index is -0.434. The molecule has 2 saturated heterocycles. The molecule has 170 valence electrons. The van der Waals surface area contributed by atoms with E-state index in [-0.39, 0.29) is 6.09 Å². The van der Waals surface area contributed by atoms with Gasteiger partial charge in [-0.2, -0.15) is 0 Å². The molecule has 1 N–H and O–H groups in total. The maximum atomic E-state index is 12.0. The van der Waals surface area contributed by atoms with E-state index in [1.807, 2.05) is 20.8 Å². The number of fused-ring (bicyclic) bond motifs is 14. The van der Waals surface area contributed by atoms with Gasteiger partial charge < -0.3 is 14.8 Å². The highest BCUT2D eigenvalue weighted by Gasteiger charge is 2.25. The highest BCUT2D eigenvalue weighted by atomic mass is 16.6. The maximum Gasteiger partial charge on any atom is 0.407 e. The number of carbonyl (C=O) groups is 1. The Morgan fingerprint density at radius 3 is 2.28 bits per heavy atom. The Hall–Kier alpha value is -0.770. The minimum absolute atomic E-state index is 0.290. The lowest BCUT2D eigenvalue weighted by atomic mass is 9.79. The predicted molar refractivity (Wildman–Crippen MR) is 120 cm³/mol. The summed E-state index contributed by atoms with van der Waals surface area (Å²) >= 11 is 0. The molecule has 3 aliphatic rings. The van der Waals surface area contributed by atoms with Gasteiger partial charge in [0.25, 0.3) is 0 Å². The van der Waals surface area contributed by atoms with E-state index >= 15 is 0 Å². The van der Waals surface area contributed by atoms with Crippen molar-refractivity contribution in [2.24, 2.45) is 11.8 Å². The summed E-state index contributed by atoms with van der Waals surface area (Å²) in [5.41, 5.74) is -0.434. The number of nitrogens with one attached hydrogen (secondary N) is 1. The molecule has 0 radical (unpaired) electrons. The Morgan fingerprint density at radius 2 is 1.55 bits per heavy atom. The summed E-state index contributed by atoms with van der Waals surface area (Å²) in [6, 6.07) is 0. The Morgan fingerprint density at radius 1 is 0.897 bits per heavy atom. The van der Waals surface area contributed by atoms with Crippen LogP contribution in [0.4, 0.5) is 4.79 Å². The normalized spacial score (nSPS) is 28.4. The zero-order chi connectivity index (χ0) is 21.0. The average molecular weight is 410 g/mol. The molecule has 29 heavy (non-hydrogen) atoms. The van der Waals surface area contributed by atoms with Crippen molar-refractivity contribution >= 4 is 6.09 Å². The molecule has 2 bridgehead atoms. The van der Waals surface area contributed by atoms with Crippen LogP contribution in [0.5, 0.6) is 0 Å². The van der Waals surface area contributed by atoms with Gasteiger partial charge in [-0.3, -0.25) is 0 Å². The second-order valence-electron chi connectivity index (χ2n) is 10.5. The Bertz CT molecular complexity index is 420. The van der Waals surface area contributed by atoms with Crippen LogP contribution in [0, 0.1) is 11.8 Å². The number of alkyl carbamates (subject to hydrolysis) is 1. The third-order valence-corrected chi connectivity index (χ3v) is 6.48. The molecular weight excluding hydrogens is 362 g/mol. The number of carbonyl (C=O) groups excluding carboxylic acids is 1. The van der Waals surface area contributed by atoms with Crippen LogP contribution < -0.4 is 5.32 Å². The van der Waals surface area contributed by atoms with Crippen molar-refractivity contribution in [3.63, 3.8) is 0 Å². The van der Waals surface area contributed by atoms with Gasteiger partial charge in [0.2, 0.25) is 0 Å². The zero-order valence-corrected chi connectivity index (χ0v) is 19.5. The quantitative estimate of drug-likeness (QED) is 0.545. The summed E-state index contributed by atoms with van der Waals surface area (Å²) in [7, 11) is 0. The summed E-state index contributed by atoms with van der Waals surface area (Å²) < 4.78 is 11.7. The molecule has 3 atom stereocenters. The molecule has 0 spiro atoms. The van der Waals surface area contributed by atoms with Gasteiger partial charge in [0.15, 0.2) is 0 Å². The van der Waals surface area contributed by atoms with Gasteiger partial charge in [-0.1, -0.05) is 64.2 Å². The van der Waals surface area contributed by atoms with Crippen LogP contribution in [0.25, 0.3) is 0 Å². The fourth-order valence-corrected chi connectivity index (χ4v) is 5.00. The number of hydrogen-bond acceptors (Lipinski definition) is 3. The Balaban J connectivity index is 1.86. The summed E-state index contributed by atoms with van der Waals surface area (Å²) in [5.74, 6) is 1.50. The lowest BCUT2D eigenvalue weighted by Gasteiger charge is -2.31. The molecule has 4 nitrogen and oxygen atoms in total. The van der Waals surface area contributed by atoms with Crippen molar-refractivity contribution in [1.82, 2.24) is 5.32 Å². The van der Waals surface area contributed by atoms with Gasteiger partial charge in [0, 0.05) is 13.2 Å². The van der Waals surface area contributed by atoms with E-state index in [9.17, 15) is 4.79 Å². The second-order valence-corrected chi connectivity index (χ2v) is 10.5. The highest BCUT2D eigenvalue weighted by molar-refractivity contribution is 5.67. The van der Waals surface area contributed by atoms with Crippen LogP contribution in [0.1, 0.15) is 117 Å². The first-order valence-electron chi connectivity index (χ1n) is 12.5. The largest absolute Gasteiger partial charge is 0.444 e.